The largest absolute Gasteiger partial charge is 0.377 e. The minimum Gasteiger partial charge on any atom is -0.377 e. The first-order chi connectivity index (χ1) is 16.4. The molecule has 14 heteroatoms. The normalized spacial score (nSPS) is 26.2. The van der Waals surface area contributed by atoms with Crippen molar-refractivity contribution in [2.45, 2.75) is 24.4 Å². The highest BCUT2D eigenvalue weighted by atomic mass is 16.6. The summed E-state index contributed by atoms with van der Waals surface area (Å²) in [4.78, 5) is 49.1. The second-order valence-corrected chi connectivity index (χ2v) is 6.85. The third-order valence-electron chi connectivity index (χ3n) is 4.67. The minimum absolute atomic E-state index is 0.0196. The number of carbonyl (C=O) groups is 4. The quantitative estimate of drug-likeness (QED) is 0.309. The molecule has 1 aliphatic rings. The molecular formula is C20H36N4O10. The van der Waals surface area contributed by atoms with E-state index in [-0.39, 0.29) is 52.9 Å². The van der Waals surface area contributed by atoms with Crippen molar-refractivity contribution in [3.8, 4) is 0 Å². The molecule has 0 unspecified atom stereocenters. The molecule has 196 valence electrons. The lowest BCUT2D eigenvalue weighted by Crippen LogP contribution is -2.52. The molecule has 1 heterocycles. The molecule has 1 aliphatic heterocycles. The van der Waals surface area contributed by atoms with Gasteiger partial charge in [-0.15, -0.1) is 0 Å². The van der Waals surface area contributed by atoms with Gasteiger partial charge in [-0.2, -0.15) is 0 Å². The highest BCUT2D eigenvalue weighted by Crippen LogP contribution is 2.09. The maximum Gasteiger partial charge on any atom is 0.252 e. The number of hydrogen-bond donors (Lipinski definition) is 4. The van der Waals surface area contributed by atoms with Gasteiger partial charge in [0.15, 0.2) is 24.4 Å². The van der Waals surface area contributed by atoms with E-state index in [0.29, 0.717) is 0 Å². The van der Waals surface area contributed by atoms with Crippen molar-refractivity contribution in [1.82, 2.24) is 21.3 Å². The van der Waals surface area contributed by atoms with Crippen LogP contribution in [-0.4, -0.2) is 129 Å². The molecule has 0 aromatic heterocycles. The Hall–Kier alpha value is -2.36. The molecule has 0 radical (unpaired) electrons. The van der Waals surface area contributed by atoms with Gasteiger partial charge in [-0.3, -0.25) is 19.2 Å². The minimum atomic E-state index is -1.21. The summed E-state index contributed by atoms with van der Waals surface area (Å²) in [5.41, 5.74) is 0. The topological polar surface area (TPSA) is 172 Å². The predicted molar refractivity (Wildman–Crippen MR) is 117 cm³/mol. The van der Waals surface area contributed by atoms with Crippen molar-refractivity contribution in [3.63, 3.8) is 0 Å². The molecule has 0 aromatic carbocycles. The molecule has 0 saturated carbocycles. The summed E-state index contributed by atoms with van der Waals surface area (Å²) in [6.07, 6.45) is -4.84. The highest BCUT2D eigenvalue weighted by molar-refractivity contribution is 5.91. The Kier molecular flexibility index (Phi) is 14.9. The Labute approximate surface area is 198 Å². The van der Waals surface area contributed by atoms with E-state index in [1.54, 1.807) is 0 Å². The van der Waals surface area contributed by atoms with Gasteiger partial charge in [-0.25, -0.2) is 0 Å². The smallest absolute Gasteiger partial charge is 0.252 e. The Morgan fingerprint density at radius 1 is 0.441 bits per heavy atom. The van der Waals surface area contributed by atoms with Crippen LogP contribution >= 0.6 is 0 Å². The van der Waals surface area contributed by atoms with E-state index in [2.05, 4.69) is 21.3 Å². The highest BCUT2D eigenvalue weighted by Gasteiger charge is 2.36. The number of ether oxygens (including phenoxy) is 6. The maximum atomic E-state index is 12.3. The molecule has 0 aromatic rings. The number of carbonyl (C=O) groups excluding carboxylic acids is 4. The fourth-order valence-electron chi connectivity index (χ4n) is 2.91. The predicted octanol–water partition coefficient (Wildman–Crippen LogP) is -3.44. The fraction of sp³-hybridized carbons (Fsp3) is 0.800. The van der Waals surface area contributed by atoms with Crippen LogP contribution in [0.4, 0.5) is 0 Å². The molecule has 1 rings (SSSR count). The van der Waals surface area contributed by atoms with Crippen LogP contribution in [0.3, 0.4) is 0 Å². The summed E-state index contributed by atoms with van der Waals surface area (Å²) in [6.45, 7) is 0.201. The van der Waals surface area contributed by atoms with Crippen LogP contribution in [0.25, 0.3) is 0 Å². The molecule has 4 atom stereocenters. The number of hydrogen-bond acceptors (Lipinski definition) is 10. The van der Waals surface area contributed by atoms with Crippen LogP contribution in [0, 0.1) is 0 Å². The summed E-state index contributed by atoms with van der Waals surface area (Å²) in [7, 11) is 5.68. The van der Waals surface area contributed by atoms with E-state index in [4.69, 9.17) is 28.4 Å². The first-order valence-corrected chi connectivity index (χ1v) is 10.9. The third-order valence-corrected chi connectivity index (χ3v) is 4.67. The average Bonchev–Trinajstić information content (AvgIpc) is 2.86. The van der Waals surface area contributed by atoms with Gasteiger partial charge in [-0.1, -0.05) is 0 Å². The van der Waals surface area contributed by atoms with Crippen molar-refractivity contribution >= 4 is 23.6 Å². The lowest BCUT2D eigenvalue weighted by Gasteiger charge is -2.26. The van der Waals surface area contributed by atoms with Crippen molar-refractivity contribution in [1.29, 1.82) is 0 Å². The van der Waals surface area contributed by atoms with Gasteiger partial charge in [0.2, 0.25) is 0 Å². The van der Waals surface area contributed by atoms with E-state index in [1.807, 2.05) is 0 Å². The first-order valence-electron chi connectivity index (χ1n) is 10.9. The zero-order valence-electron chi connectivity index (χ0n) is 20.0. The second kappa shape index (κ2) is 17.1. The monoisotopic (exact) mass is 492 g/mol. The summed E-state index contributed by atoms with van der Waals surface area (Å²) in [6, 6.07) is 0. The van der Waals surface area contributed by atoms with Gasteiger partial charge in [0.25, 0.3) is 23.6 Å². The number of amides is 4. The van der Waals surface area contributed by atoms with E-state index in [1.165, 1.54) is 28.2 Å². The van der Waals surface area contributed by atoms with E-state index >= 15 is 0 Å². The molecule has 4 amide bonds. The maximum absolute atomic E-state index is 12.3. The summed E-state index contributed by atoms with van der Waals surface area (Å²) < 4.78 is 33.2. The van der Waals surface area contributed by atoms with Gasteiger partial charge in [-0.05, 0) is 0 Å². The van der Waals surface area contributed by atoms with Crippen molar-refractivity contribution < 1.29 is 47.6 Å². The van der Waals surface area contributed by atoms with Gasteiger partial charge < -0.3 is 49.7 Å². The zero-order chi connectivity index (χ0) is 25.3. The summed E-state index contributed by atoms with van der Waals surface area (Å²) in [5.74, 6) is -2.13. The first kappa shape index (κ1) is 29.7. The van der Waals surface area contributed by atoms with Crippen molar-refractivity contribution in [2.75, 3.05) is 81.0 Å². The Morgan fingerprint density at radius 3 is 0.824 bits per heavy atom. The van der Waals surface area contributed by atoms with Gasteiger partial charge in [0.1, 0.15) is 0 Å². The summed E-state index contributed by atoms with van der Waals surface area (Å²) in [5, 5.41) is 9.79. The number of likely N-dealkylation sites (N-methyl/N-ethyl adjacent to an activating group) is 4. The molecule has 14 nitrogen and oxygen atoms in total. The lowest BCUT2D eigenvalue weighted by atomic mass is 10.1. The number of rotatable bonds is 4. The van der Waals surface area contributed by atoms with E-state index in [9.17, 15) is 19.2 Å². The van der Waals surface area contributed by atoms with Gasteiger partial charge >= 0.3 is 0 Å². The van der Waals surface area contributed by atoms with Crippen molar-refractivity contribution in [3.05, 3.63) is 0 Å². The van der Waals surface area contributed by atoms with Crippen LogP contribution < -0.4 is 21.3 Å². The SMILES string of the molecule is CNC(=O)[C@H]1OCCOCCO[C@H](C(=O)NC)[C@H](C(=O)NC)OCCOCCO[C@H]1C(=O)NC. The zero-order valence-corrected chi connectivity index (χ0v) is 20.0. The number of nitrogens with one attached hydrogen (secondary N) is 4. The van der Waals surface area contributed by atoms with Crippen LogP contribution in [0.1, 0.15) is 0 Å². The fourth-order valence-corrected chi connectivity index (χ4v) is 2.91. The molecule has 1 saturated heterocycles. The molecule has 0 spiro atoms. The molecule has 4 N–H and O–H groups in total. The van der Waals surface area contributed by atoms with Crippen LogP contribution in [0.5, 0.6) is 0 Å². The molecule has 0 bridgehead atoms. The standard InChI is InChI=1S/C20H36N4O10/c1-21-17(25)13-14(18(26)22-2)32-10-6-30-8-12-34-16(20(28)24-4)15(19(27)23-3)33-11-7-29-5-9-31-13/h13-16H,5-12H2,1-4H3,(H,21,25)(H,22,26)(H,23,27)(H,24,28)/t13-,14+,15-,16+. The second-order valence-electron chi connectivity index (χ2n) is 6.85. The van der Waals surface area contributed by atoms with Crippen molar-refractivity contribution in [2.24, 2.45) is 0 Å². The van der Waals surface area contributed by atoms with Crippen LogP contribution in [-0.2, 0) is 47.6 Å². The van der Waals surface area contributed by atoms with E-state index in [0.717, 1.165) is 0 Å². The van der Waals surface area contributed by atoms with Gasteiger partial charge in [0, 0.05) is 28.2 Å². The third kappa shape index (κ3) is 9.87. The lowest BCUT2D eigenvalue weighted by molar-refractivity contribution is -0.164. The van der Waals surface area contributed by atoms with Crippen LogP contribution in [0.2, 0.25) is 0 Å². The van der Waals surface area contributed by atoms with Gasteiger partial charge in [0.05, 0.1) is 52.9 Å². The molecule has 0 aliphatic carbocycles. The Bertz CT molecular complexity index is 545. The average molecular weight is 493 g/mol. The Balaban J connectivity index is 2.90. The van der Waals surface area contributed by atoms with Crippen LogP contribution in [0.15, 0.2) is 0 Å². The molecular weight excluding hydrogens is 456 g/mol. The summed E-state index contributed by atoms with van der Waals surface area (Å²) >= 11 is 0. The molecule has 34 heavy (non-hydrogen) atoms. The Morgan fingerprint density at radius 2 is 0.647 bits per heavy atom. The van der Waals surface area contributed by atoms with E-state index < -0.39 is 48.0 Å². The molecule has 1 fully saturated rings.